The van der Waals surface area contributed by atoms with E-state index in [1.807, 2.05) is 18.3 Å². The van der Waals surface area contributed by atoms with Crippen LogP contribution in [0.5, 0.6) is 0 Å². The number of nitrogens with zero attached hydrogens (tertiary/aromatic N) is 3. The molecule has 5 heteroatoms. The first kappa shape index (κ1) is 9.81. The number of thiophene rings is 1. The van der Waals surface area contributed by atoms with Crippen molar-refractivity contribution in [3.05, 3.63) is 46.1 Å². The van der Waals surface area contributed by atoms with Crippen molar-refractivity contribution in [1.29, 1.82) is 0 Å². The first-order valence-corrected chi connectivity index (χ1v) is 6.08. The fourth-order valence-electron chi connectivity index (χ4n) is 1.65. The number of hydrogen-bond acceptors (Lipinski definition) is 3. The second kappa shape index (κ2) is 3.88. The molecule has 0 aliphatic carbocycles. The van der Waals surface area contributed by atoms with Gasteiger partial charge in [0.1, 0.15) is 5.65 Å². The van der Waals surface area contributed by atoms with Gasteiger partial charge in [-0.15, -0.1) is 11.3 Å². The van der Waals surface area contributed by atoms with Crippen LogP contribution < -0.4 is 0 Å². The van der Waals surface area contributed by atoms with Crippen molar-refractivity contribution >= 4 is 34.0 Å². The molecule has 0 amide bonds. The number of rotatable bonds is 2. The molecule has 3 aromatic rings. The summed E-state index contributed by atoms with van der Waals surface area (Å²) in [7, 11) is 0. The fraction of sp³-hybridized carbons (Fsp3) is 0.0909. The summed E-state index contributed by atoms with van der Waals surface area (Å²) in [6, 6.07) is 6.16. The zero-order valence-electron chi connectivity index (χ0n) is 8.30. The second-order valence-corrected chi connectivity index (χ2v) is 4.81. The monoisotopic (exact) mass is 249 g/mol. The Morgan fingerprint density at radius 2 is 2.31 bits per heavy atom. The van der Waals surface area contributed by atoms with Gasteiger partial charge in [-0.1, -0.05) is 6.07 Å². The molecule has 0 saturated heterocycles. The van der Waals surface area contributed by atoms with Gasteiger partial charge in [-0.25, -0.2) is 4.98 Å². The van der Waals surface area contributed by atoms with Crippen molar-refractivity contribution in [3.8, 4) is 0 Å². The summed E-state index contributed by atoms with van der Waals surface area (Å²) >= 11 is 7.53. The van der Waals surface area contributed by atoms with Crippen molar-refractivity contribution in [3.63, 3.8) is 0 Å². The zero-order valence-corrected chi connectivity index (χ0v) is 9.87. The lowest BCUT2D eigenvalue weighted by atomic mass is 10.4. The predicted octanol–water partition coefficient (Wildman–Crippen LogP) is 3.19. The van der Waals surface area contributed by atoms with Gasteiger partial charge in [0.05, 0.1) is 6.54 Å². The van der Waals surface area contributed by atoms with E-state index in [1.165, 1.54) is 4.88 Å². The molecule has 0 aromatic carbocycles. The van der Waals surface area contributed by atoms with Gasteiger partial charge in [0.15, 0.2) is 0 Å². The van der Waals surface area contributed by atoms with Gasteiger partial charge in [-0.3, -0.25) is 0 Å². The molecular weight excluding hydrogens is 242 g/mol. The highest BCUT2D eigenvalue weighted by atomic mass is 35.5. The average Bonchev–Trinajstić information content (AvgIpc) is 2.90. The third kappa shape index (κ3) is 1.70. The minimum absolute atomic E-state index is 0.290. The van der Waals surface area contributed by atoms with Crippen LogP contribution in [0.2, 0.25) is 5.28 Å². The van der Waals surface area contributed by atoms with E-state index in [1.54, 1.807) is 17.5 Å². The molecule has 3 heterocycles. The lowest BCUT2D eigenvalue weighted by Gasteiger charge is -2.02. The number of halogens is 1. The molecule has 0 bridgehead atoms. The first-order chi connectivity index (χ1) is 7.83. The summed E-state index contributed by atoms with van der Waals surface area (Å²) in [5.41, 5.74) is 0.883. The maximum atomic E-state index is 5.80. The highest BCUT2D eigenvalue weighted by molar-refractivity contribution is 7.09. The zero-order chi connectivity index (χ0) is 11.0. The van der Waals surface area contributed by atoms with E-state index in [0.717, 1.165) is 17.6 Å². The largest absolute Gasteiger partial charge is 0.327 e. The van der Waals surface area contributed by atoms with Crippen LogP contribution in [0.1, 0.15) is 4.88 Å². The Bertz CT molecular complexity index is 615. The molecule has 0 radical (unpaired) electrons. The molecule has 0 unspecified atom stereocenters. The Morgan fingerprint density at radius 3 is 3.12 bits per heavy atom. The summed E-state index contributed by atoms with van der Waals surface area (Å²) in [5.74, 6) is 0. The maximum absolute atomic E-state index is 5.80. The Labute approximate surface area is 101 Å². The molecule has 0 fully saturated rings. The van der Waals surface area contributed by atoms with E-state index in [4.69, 9.17) is 11.6 Å². The average molecular weight is 250 g/mol. The molecule has 0 N–H and O–H groups in total. The van der Waals surface area contributed by atoms with Crippen molar-refractivity contribution in [2.75, 3.05) is 0 Å². The van der Waals surface area contributed by atoms with Crippen LogP contribution in [0, 0.1) is 0 Å². The van der Waals surface area contributed by atoms with Crippen molar-refractivity contribution in [2.24, 2.45) is 0 Å². The van der Waals surface area contributed by atoms with Crippen LogP contribution >= 0.6 is 22.9 Å². The Balaban J connectivity index is 2.07. The molecule has 0 spiro atoms. The van der Waals surface area contributed by atoms with E-state index in [2.05, 4.69) is 26.0 Å². The van der Waals surface area contributed by atoms with Crippen molar-refractivity contribution in [2.45, 2.75) is 6.54 Å². The highest BCUT2D eigenvalue weighted by Crippen LogP contribution is 2.17. The van der Waals surface area contributed by atoms with Gasteiger partial charge in [0, 0.05) is 22.7 Å². The van der Waals surface area contributed by atoms with E-state index in [-0.39, 0.29) is 0 Å². The molecule has 0 aliphatic rings. The molecule has 3 nitrogen and oxygen atoms in total. The van der Waals surface area contributed by atoms with E-state index < -0.39 is 0 Å². The SMILES string of the molecule is Clc1ncc2ccn(Cc3cccs3)c2n1. The van der Waals surface area contributed by atoms with Crippen LogP contribution in [0.4, 0.5) is 0 Å². The van der Waals surface area contributed by atoms with E-state index in [0.29, 0.717) is 5.28 Å². The minimum Gasteiger partial charge on any atom is -0.327 e. The molecule has 80 valence electrons. The maximum Gasteiger partial charge on any atom is 0.224 e. The Kier molecular flexibility index (Phi) is 2.38. The van der Waals surface area contributed by atoms with Gasteiger partial charge in [0.25, 0.3) is 0 Å². The third-order valence-corrected chi connectivity index (χ3v) is 3.42. The Hall–Kier alpha value is -1.39. The van der Waals surface area contributed by atoms with Crippen LogP contribution in [0.3, 0.4) is 0 Å². The van der Waals surface area contributed by atoms with E-state index in [9.17, 15) is 0 Å². The number of fused-ring (bicyclic) bond motifs is 1. The second-order valence-electron chi connectivity index (χ2n) is 3.44. The third-order valence-electron chi connectivity index (χ3n) is 2.38. The fourth-order valence-corrected chi connectivity index (χ4v) is 2.48. The van der Waals surface area contributed by atoms with Gasteiger partial charge >= 0.3 is 0 Å². The summed E-state index contributed by atoms with van der Waals surface area (Å²) in [4.78, 5) is 9.50. The molecule has 0 aliphatic heterocycles. The van der Waals surface area contributed by atoms with Gasteiger partial charge in [0.2, 0.25) is 5.28 Å². The van der Waals surface area contributed by atoms with Gasteiger partial charge in [-0.2, -0.15) is 4.98 Å². The summed E-state index contributed by atoms with van der Waals surface area (Å²) in [6.45, 7) is 0.828. The minimum atomic E-state index is 0.290. The summed E-state index contributed by atoms with van der Waals surface area (Å²) < 4.78 is 2.08. The summed E-state index contributed by atoms with van der Waals surface area (Å²) in [6.07, 6.45) is 3.75. The molecule has 3 aromatic heterocycles. The standard InChI is InChI=1S/C11H8ClN3S/c12-11-13-6-8-3-4-15(10(8)14-11)7-9-2-1-5-16-9/h1-6H,7H2. The van der Waals surface area contributed by atoms with Gasteiger partial charge in [-0.05, 0) is 29.1 Å². The highest BCUT2D eigenvalue weighted by Gasteiger charge is 2.04. The van der Waals surface area contributed by atoms with Gasteiger partial charge < -0.3 is 4.57 Å². The van der Waals surface area contributed by atoms with Crippen molar-refractivity contribution in [1.82, 2.24) is 14.5 Å². The number of hydrogen-bond donors (Lipinski definition) is 0. The smallest absolute Gasteiger partial charge is 0.224 e. The van der Waals surface area contributed by atoms with Crippen LogP contribution in [0.15, 0.2) is 36.0 Å². The molecule has 3 rings (SSSR count). The topological polar surface area (TPSA) is 30.7 Å². The molecule has 16 heavy (non-hydrogen) atoms. The summed E-state index contributed by atoms with van der Waals surface area (Å²) in [5, 5.41) is 3.38. The van der Waals surface area contributed by atoms with E-state index >= 15 is 0 Å². The first-order valence-electron chi connectivity index (χ1n) is 4.83. The normalized spacial score (nSPS) is 11.1. The lowest BCUT2D eigenvalue weighted by Crippen LogP contribution is -1.97. The number of aromatic nitrogens is 3. The van der Waals surface area contributed by atoms with Crippen molar-refractivity contribution < 1.29 is 0 Å². The van der Waals surface area contributed by atoms with Crippen LogP contribution in [-0.4, -0.2) is 14.5 Å². The Morgan fingerprint density at radius 1 is 1.38 bits per heavy atom. The van der Waals surface area contributed by atoms with Crippen LogP contribution in [-0.2, 0) is 6.54 Å². The van der Waals surface area contributed by atoms with Crippen LogP contribution in [0.25, 0.3) is 11.0 Å². The molecule has 0 atom stereocenters. The predicted molar refractivity (Wildman–Crippen MR) is 66.0 cm³/mol. The molecule has 0 saturated carbocycles. The quantitative estimate of drug-likeness (QED) is 0.653. The lowest BCUT2D eigenvalue weighted by molar-refractivity contribution is 0.837. The molecular formula is C11H8ClN3S.